The summed E-state index contributed by atoms with van der Waals surface area (Å²) in [5, 5.41) is 6.35. The summed E-state index contributed by atoms with van der Waals surface area (Å²) in [4.78, 5) is 42.9. The van der Waals surface area contributed by atoms with E-state index < -0.39 is 23.4 Å². The van der Waals surface area contributed by atoms with Gasteiger partial charge in [0, 0.05) is 5.56 Å². The molecule has 0 spiro atoms. The van der Waals surface area contributed by atoms with Crippen LogP contribution in [0.4, 0.5) is 5.69 Å². The third-order valence-electron chi connectivity index (χ3n) is 7.18. The van der Waals surface area contributed by atoms with Crippen LogP contribution in [0.1, 0.15) is 34.5 Å². The third-order valence-corrected chi connectivity index (χ3v) is 7.18. The van der Waals surface area contributed by atoms with Crippen molar-refractivity contribution in [1.29, 1.82) is 0 Å². The van der Waals surface area contributed by atoms with Gasteiger partial charge in [-0.1, -0.05) is 72.8 Å². The van der Waals surface area contributed by atoms with E-state index in [1.807, 2.05) is 36.4 Å². The molecule has 0 N–H and O–H groups in total. The highest BCUT2D eigenvalue weighted by Crippen LogP contribution is 2.57. The molecule has 33 heavy (non-hydrogen) atoms. The number of hydrogen-bond donors (Lipinski definition) is 0. The SMILES string of the molecule is C[C@]1(C(=O)c2ccccc2)[C@@H]2C(=O)N(c3ccccc3)C(=O)[C@H]2[C@@H]2c3ccccc3C=NN21. The second-order valence-electron chi connectivity index (χ2n) is 8.86. The number of hydrazone groups is 1. The van der Waals surface area contributed by atoms with Crippen LogP contribution in [0, 0.1) is 11.8 Å². The monoisotopic (exact) mass is 435 g/mol. The normalized spacial score (nSPS) is 27.4. The smallest absolute Gasteiger partial charge is 0.240 e. The largest absolute Gasteiger partial charge is 0.291 e. The van der Waals surface area contributed by atoms with Crippen molar-refractivity contribution in [3.8, 4) is 0 Å². The van der Waals surface area contributed by atoms with Crippen LogP contribution in [0.25, 0.3) is 0 Å². The Morgan fingerprint density at radius 1 is 0.848 bits per heavy atom. The van der Waals surface area contributed by atoms with Gasteiger partial charge in [-0.25, -0.2) is 4.90 Å². The quantitative estimate of drug-likeness (QED) is 0.463. The van der Waals surface area contributed by atoms with Crippen molar-refractivity contribution in [1.82, 2.24) is 5.01 Å². The Labute approximate surface area is 191 Å². The molecule has 0 aromatic heterocycles. The molecule has 3 aromatic carbocycles. The van der Waals surface area contributed by atoms with Crippen molar-refractivity contribution in [3.63, 3.8) is 0 Å². The summed E-state index contributed by atoms with van der Waals surface area (Å²) in [5.41, 5.74) is 1.51. The minimum Gasteiger partial charge on any atom is -0.291 e. The molecular weight excluding hydrogens is 414 g/mol. The Hall–Kier alpha value is -4.06. The van der Waals surface area contributed by atoms with Crippen LogP contribution in [-0.4, -0.2) is 34.4 Å². The molecule has 3 aromatic rings. The Morgan fingerprint density at radius 3 is 2.21 bits per heavy atom. The average Bonchev–Trinajstić information content (AvgIpc) is 3.29. The van der Waals surface area contributed by atoms with E-state index in [1.165, 1.54) is 4.90 Å². The van der Waals surface area contributed by atoms with E-state index in [-0.39, 0.29) is 17.6 Å². The zero-order chi connectivity index (χ0) is 22.7. The predicted molar refractivity (Wildman–Crippen MR) is 124 cm³/mol. The Bertz CT molecular complexity index is 1320. The fourth-order valence-corrected chi connectivity index (χ4v) is 5.68. The minimum absolute atomic E-state index is 0.215. The van der Waals surface area contributed by atoms with E-state index >= 15 is 0 Å². The number of carbonyl (C=O) groups excluding carboxylic acids is 3. The third kappa shape index (κ3) is 2.55. The summed E-state index contributed by atoms with van der Waals surface area (Å²) in [6.45, 7) is 1.75. The van der Waals surface area contributed by atoms with Crippen molar-refractivity contribution < 1.29 is 14.4 Å². The summed E-state index contributed by atoms with van der Waals surface area (Å²) in [7, 11) is 0. The molecule has 0 radical (unpaired) electrons. The highest BCUT2D eigenvalue weighted by Gasteiger charge is 2.71. The molecular formula is C27H21N3O3. The maximum Gasteiger partial charge on any atom is 0.240 e. The van der Waals surface area contributed by atoms with Crippen LogP contribution in [0.15, 0.2) is 90.0 Å². The maximum absolute atomic E-state index is 14.0. The van der Waals surface area contributed by atoms with Gasteiger partial charge in [-0.05, 0) is 30.2 Å². The fourth-order valence-electron chi connectivity index (χ4n) is 5.68. The molecule has 3 heterocycles. The van der Waals surface area contributed by atoms with E-state index in [4.69, 9.17) is 0 Å². The number of ketones is 1. The van der Waals surface area contributed by atoms with Crippen LogP contribution in [0.2, 0.25) is 0 Å². The van der Waals surface area contributed by atoms with Crippen molar-refractivity contribution in [2.75, 3.05) is 4.90 Å². The van der Waals surface area contributed by atoms with E-state index in [1.54, 1.807) is 66.7 Å². The van der Waals surface area contributed by atoms with Gasteiger partial charge in [0.15, 0.2) is 5.78 Å². The number of Topliss-reactive ketones (excluding diaryl/α,β-unsaturated/α-hetero) is 1. The second kappa shape index (κ2) is 6.97. The number of imide groups is 1. The molecule has 0 aliphatic carbocycles. The maximum atomic E-state index is 14.0. The van der Waals surface area contributed by atoms with E-state index in [9.17, 15) is 14.4 Å². The van der Waals surface area contributed by atoms with Gasteiger partial charge in [0.1, 0.15) is 5.54 Å². The van der Waals surface area contributed by atoms with Crippen LogP contribution in [0.5, 0.6) is 0 Å². The van der Waals surface area contributed by atoms with E-state index in [0.29, 0.717) is 11.3 Å². The van der Waals surface area contributed by atoms with Crippen molar-refractivity contribution in [2.24, 2.45) is 16.9 Å². The molecule has 2 fully saturated rings. The Kier molecular flexibility index (Phi) is 4.14. The molecule has 0 saturated carbocycles. The number of benzene rings is 3. The first-order valence-electron chi connectivity index (χ1n) is 11.0. The zero-order valence-electron chi connectivity index (χ0n) is 18.0. The van der Waals surface area contributed by atoms with Gasteiger partial charge in [0.05, 0.1) is 29.8 Å². The first-order chi connectivity index (χ1) is 16.0. The van der Waals surface area contributed by atoms with Gasteiger partial charge >= 0.3 is 0 Å². The van der Waals surface area contributed by atoms with Crippen LogP contribution in [0.3, 0.4) is 0 Å². The lowest BCUT2D eigenvalue weighted by Crippen LogP contribution is -2.54. The molecule has 3 aliphatic heterocycles. The molecule has 2 amide bonds. The molecule has 6 nitrogen and oxygen atoms in total. The van der Waals surface area contributed by atoms with Crippen molar-refractivity contribution in [2.45, 2.75) is 18.5 Å². The molecule has 6 rings (SSSR count). The number of carbonyl (C=O) groups is 3. The van der Waals surface area contributed by atoms with Gasteiger partial charge in [0.25, 0.3) is 0 Å². The lowest BCUT2D eigenvalue weighted by molar-refractivity contribution is -0.124. The van der Waals surface area contributed by atoms with Gasteiger partial charge in [-0.3, -0.25) is 19.4 Å². The molecule has 6 heteroatoms. The molecule has 4 atom stereocenters. The number of rotatable bonds is 3. The van der Waals surface area contributed by atoms with E-state index in [2.05, 4.69) is 5.10 Å². The summed E-state index contributed by atoms with van der Waals surface area (Å²) in [6, 6.07) is 25.1. The number of fused-ring (bicyclic) bond motifs is 5. The van der Waals surface area contributed by atoms with Crippen LogP contribution in [-0.2, 0) is 9.59 Å². The highest BCUT2D eigenvalue weighted by molar-refractivity contribution is 6.25. The first kappa shape index (κ1) is 19.6. The summed E-state index contributed by atoms with van der Waals surface area (Å²) in [6.07, 6.45) is 1.72. The fraction of sp³-hybridized carbons (Fsp3) is 0.185. The summed E-state index contributed by atoms with van der Waals surface area (Å²) in [5.74, 6) is -2.43. The van der Waals surface area contributed by atoms with Crippen LogP contribution >= 0.6 is 0 Å². The zero-order valence-corrected chi connectivity index (χ0v) is 18.0. The summed E-state index contributed by atoms with van der Waals surface area (Å²) < 4.78 is 0. The van der Waals surface area contributed by atoms with Gasteiger partial charge in [-0.15, -0.1) is 0 Å². The number of hydrogen-bond acceptors (Lipinski definition) is 5. The predicted octanol–water partition coefficient (Wildman–Crippen LogP) is 3.84. The molecule has 0 bridgehead atoms. The lowest BCUT2D eigenvalue weighted by Gasteiger charge is -2.40. The van der Waals surface area contributed by atoms with Gasteiger partial charge < -0.3 is 0 Å². The van der Waals surface area contributed by atoms with Crippen molar-refractivity contribution >= 4 is 29.5 Å². The summed E-state index contributed by atoms with van der Waals surface area (Å²) >= 11 is 0. The Balaban J connectivity index is 1.56. The number of para-hydroxylation sites is 1. The van der Waals surface area contributed by atoms with Gasteiger partial charge in [-0.2, -0.15) is 5.10 Å². The molecule has 2 saturated heterocycles. The molecule has 3 aliphatic rings. The average molecular weight is 435 g/mol. The number of nitrogens with zero attached hydrogens (tertiary/aromatic N) is 3. The number of amides is 2. The highest BCUT2D eigenvalue weighted by atomic mass is 16.2. The standard InChI is InChI=1S/C27H21N3O3/c1-27(24(31)17-10-4-2-5-11-17)22-21(23-20-15-9-8-12-18(20)16-28-30(23)27)25(32)29(26(22)33)19-13-6-3-7-14-19/h2-16,21-23H,1H3/t21-,22+,23+,27-/m1/s1. The topological polar surface area (TPSA) is 70.0 Å². The molecule has 162 valence electrons. The van der Waals surface area contributed by atoms with Gasteiger partial charge in [0.2, 0.25) is 11.8 Å². The van der Waals surface area contributed by atoms with Crippen molar-refractivity contribution in [3.05, 3.63) is 102 Å². The minimum atomic E-state index is -1.31. The first-order valence-corrected chi connectivity index (χ1v) is 11.0. The Morgan fingerprint density at radius 2 is 1.48 bits per heavy atom. The second-order valence-corrected chi connectivity index (χ2v) is 8.86. The number of anilines is 1. The molecule has 0 unspecified atom stereocenters. The van der Waals surface area contributed by atoms with Crippen LogP contribution < -0.4 is 4.90 Å². The van der Waals surface area contributed by atoms with E-state index in [0.717, 1.165) is 11.1 Å². The lowest BCUT2D eigenvalue weighted by atomic mass is 9.76.